The van der Waals surface area contributed by atoms with Gasteiger partial charge in [0.1, 0.15) is 0 Å². The molecule has 0 amide bonds. The molecule has 0 aliphatic rings. The average Bonchev–Trinajstić information content (AvgIpc) is 2.04. The van der Waals surface area contributed by atoms with Gasteiger partial charge in [0.05, 0.1) is 0 Å². The molecular weight excluding hydrogens is 160 g/mol. The number of hydrogen-bond acceptors (Lipinski definition) is 1. The van der Waals surface area contributed by atoms with Gasteiger partial charge in [0, 0.05) is 11.6 Å². The Morgan fingerprint density at radius 3 is 2.00 bits per heavy atom. The summed E-state index contributed by atoms with van der Waals surface area (Å²) in [5.74, 6) is 0. The second-order valence-corrected chi connectivity index (χ2v) is 2.72. The van der Waals surface area contributed by atoms with Crippen LogP contribution in [0.4, 0.5) is 8.78 Å². The molecular formula is C9H11F2N. The van der Waals surface area contributed by atoms with Crippen LogP contribution in [0.15, 0.2) is 24.3 Å². The van der Waals surface area contributed by atoms with Gasteiger partial charge in [0.15, 0.2) is 0 Å². The molecule has 1 aromatic carbocycles. The highest BCUT2D eigenvalue weighted by atomic mass is 19.3. The number of benzene rings is 1. The van der Waals surface area contributed by atoms with Gasteiger partial charge in [0.2, 0.25) is 0 Å². The first-order valence-corrected chi connectivity index (χ1v) is 3.75. The minimum absolute atomic E-state index is 0.0347. The molecule has 1 nitrogen and oxygen atoms in total. The van der Waals surface area contributed by atoms with Crippen molar-refractivity contribution < 1.29 is 8.78 Å². The van der Waals surface area contributed by atoms with Gasteiger partial charge in [-0.1, -0.05) is 24.3 Å². The van der Waals surface area contributed by atoms with Gasteiger partial charge in [-0.2, -0.15) is 0 Å². The summed E-state index contributed by atoms with van der Waals surface area (Å²) < 4.78 is 24.7. The Balaban J connectivity index is 3.09. The third-order valence-electron chi connectivity index (χ3n) is 1.72. The van der Waals surface area contributed by atoms with E-state index in [0.717, 1.165) is 0 Å². The Morgan fingerprint density at radius 1 is 1.17 bits per heavy atom. The SMILES string of the molecule is C[C@H](N)c1ccccc1C(F)F. The van der Waals surface area contributed by atoms with Crippen LogP contribution in [0.1, 0.15) is 30.5 Å². The molecule has 1 rings (SSSR count). The molecule has 0 radical (unpaired) electrons. The maximum atomic E-state index is 12.3. The van der Waals surface area contributed by atoms with Crippen LogP contribution in [0, 0.1) is 0 Å². The lowest BCUT2D eigenvalue weighted by atomic mass is 10.0. The van der Waals surface area contributed by atoms with Crippen molar-refractivity contribution in [3.05, 3.63) is 35.4 Å². The van der Waals surface area contributed by atoms with Crippen LogP contribution in [-0.2, 0) is 0 Å². The van der Waals surface area contributed by atoms with Crippen molar-refractivity contribution in [3.63, 3.8) is 0 Å². The van der Waals surface area contributed by atoms with Gasteiger partial charge in [-0.15, -0.1) is 0 Å². The smallest absolute Gasteiger partial charge is 0.264 e. The zero-order chi connectivity index (χ0) is 9.14. The summed E-state index contributed by atoms with van der Waals surface area (Å²) in [6, 6.07) is 6.00. The predicted molar refractivity (Wildman–Crippen MR) is 44.0 cm³/mol. The van der Waals surface area contributed by atoms with Crippen molar-refractivity contribution in [2.24, 2.45) is 5.73 Å². The van der Waals surface area contributed by atoms with Crippen molar-refractivity contribution in [2.75, 3.05) is 0 Å². The molecule has 2 N–H and O–H groups in total. The van der Waals surface area contributed by atoms with Crippen LogP contribution in [-0.4, -0.2) is 0 Å². The van der Waals surface area contributed by atoms with Crippen molar-refractivity contribution >= 4 is 0 Å². The van der Waals surface area contributed by atoms with Crippen molar-refractivity contribution in [1.82, 2.24) is 0 Å². The topological polar surface area (TPSA) is 26.0 Å². The van der Waals surface area contributed by atoms with E-state index in [1.807, 2.05) is 0 Å². The maximum absolute atomic E-state index is 12.3. The molecule has 3 heteroatoms. The van der Waals surface area contributed by atoms with E-state index in [9.17, 15) is 8.78 Å². The van der Waals surface area contributed by atoms with E-state index in [1.165, 1.54) is 6.07 Å². The molecule has 0 aliphatic carbocycles. The monoisotopic (exact) mass is 171 g/mol. The minimum atomic E-state index is -2.44. The summed E-state index contributed by atoms with van der Waals surface area (Å²) in [4.78, 5) is 0. The fourth-order valence-corrected chi connectivity index (χ4v) is 1.12. The van der Waals surface area contributed by atoms with Gasteiger partial charge < -0.3 is 5.73 Å². The van der Waals surface area contributed by atoms with E-state index >= 15 is 0 Å². The Bertz CT molecular complexity index is 231. The van der Waals surface area contributed by atoms with E-state index in [2.05, 4.69) is 0 Å². The number of hydrogen-bond donors (Lipinski definition) is 1. The molecule has 12 heavy (non-hydrogen) atoms. The molecule has 0 bridgehead atoms. The largest absolute Gasteiger partial charge is 0.324 e. The molecule has 0 spiro atoms. The van der Waals surface area contributed by atoms with E-state index in [1.54, 1.807) is 25.1 Å². The lowest BCUT2D eigenvalue weighted by Crippen LogP contribution is -2.08. The molecule has 0 saturated heterocycles. The highest BCUT2D eigenvalue weighted by Gasteiger charge is 2.13. The van der Waals surface area contributed by atoms with Crippen LogP contribution in [0.2, 0.25) is 0 Å². The van der Waals surface area contributed by atoms with Gasteiger partial charge in [0.25, 0.3) is 6.43 Å². The lowest BCUT2D eigenvalue weighted by Gasteiger charge is -2.10. The van der Waals surface area contributed by atoms with Crippen LogP contribution in [0.25, 0.3) is 0 Å². The standard InChI is InChI=1S/C9H11F2N/c1-6(12)7-4-2-3-5-8(7)9(10)11/h2-6,9H,12H2,1H3/t6-/m0/s1. The molecule has 1 atom stereocenters. The highest BCUT2D eigenvalue weighted by Crippen LogP contribution is 2.25. The molecule has 0 fully saturated rings. The summed E-state index contributed by atoms with van der Waals surface area (Å²) in [6.07, 6.45) is -2.44. The van der Waals surface area contributed by atoms with Gasteiger partial charge in [-0.25, -0.2) is 8.78 Å². The van der Waals surface area contributed by atoms with E-state index in [0.29, 0.717) is 5.56 Å². The fourth-order valence-electron chi connectivity index (χ4n) is 1.12. The Kier molecular flexibility index (Phi) is 2.76. The lowest BCUT2D eigenvalue weighted by molar-refractivity contribution is 0.150. The Labute approximate surface area is 70.2 Å². The molecule has 0 heterocycles. The Morgan fingerprint density at radius 2 is 1.67 bits per heavy atom. The number of halogens is 2. The van der Waals surface area contributed by atoms with Crippen molar-refractivity contribution in [2.45, 2.75) is 19.4 Å². The van der Waals surface area contributed by atoms with E-state index in [4.69, 9.17) is 5.73 Å². The third-order valence-corrected chi connectivity index (χ3v) is 1.72. The summed E-state index contributed by atoms with van der Waals surface area (Å²) in [6.45, 7) is 1.70. The Hall–Kier alpha value is -0.960. The summed E-state index contributed by atoms with van der Waals surface area (Å²) in [7, 11) is 0. The minimum Gasteiger partial charge on any atom is -0.324 e. The normalized spacial score (nSPS) is 13.4. The van der Waals surface area contributed by atoms with Crippen LogP contribution in [0.3, 0.4) is 0 Å². The van der Waals surface area contributed by atoms with Crippen LogP contribution < -0.4 is 5.73 Å². The van der Waals surface area contributed by atoms with Crippen molar-refractivity contribution in [1.29, 1.82) is 0 Å². The second-order valence-electron chi connectivity index (χ2n) is 2.72. The second kappa shape index (κ2) is 3.63. The predicted octanol–water partition coefficient (Wildman–Crippen LogP) is 2.64. The number of nitrogens with two attached hydrogens (primary N) is 1. The summed E-state index contributed by atoms with van der Waals surface area (Å²) in [5.41, 5.74) is 6.07. The summed E-state index contributed by atoms with van der Waals surface area (Å²) >= 11 is 0. The quantitative estimate of drug-likeness (QED) is 0.727. The molecule has 0 unspecified atom stereocenters. The summed E-state index contributed by atoms with van der Waals surface area (Å²) in [5, 5.41) is 0. The van der Waals surface area contributed by atoms with Crippen LogP contribution >= 0.6 is 0 Å². The highest BCUT2D eigenvalue weighted by molar-refractivity contribution is 5.30. The third kappa shape index (κ3) is 1.80. The van der Waals surface area contributed by atoms with Gasteiger partial charge >= 0.3 is 0 Å². The first kappa shape index (κ1) is 9.13. The maximum Gasteiger partial charge on any atom is 0.264 e. The first-order chi connectivity index (χ1) is 5.63. The van der Waals surface area contributed by atoms with Gasteiger partial charge in [-0.3, -0.25) is 0 Å². The van der Waals surface area contributed by atoms with Gasteiger partial charge in [-0.05, 0) is 12.5 Å². The molecule has 1 aromatic rings. The van der Waals surface area contributed by atoms with E-state index in [-0.39, 0.29) is 11.6 Å². The molecule has 66 valence electrons. The number of rotatable bonds is 2. The average molecular weight is 171 g/mol. The van der Waals surface area contributed by atoms with E-state index < -0.39 is 6.43 Å². The molecule has 0 saturated carbocycles. The molecule has 0 aromatic heterocycles. The number of alkyl halides is 2. The van der Waals surface area contributed by atoms with Crippen LogP contribution in [0.5, 0.6) is 0 Å². The first-order valence-electron chi connectivity index (χ1n) is 3.75. The van der Waals surface area contributed by atoms with Crippen molar-refractivity contribution in [3.8, 4) is 0 Å². The molecule has 0 aliphatic heterocycles. The zero-order valence-electron chi connectivity index (χ0n) is 6.80. The fraction of sp³-hybridized carbons (Fsp3) is 0.333. The zero-order valence-corrected chi connectivity index (χ0v) is 6.80.